The van der Waals surface area contributed by atoms with Gasteiger partial charge in [-0.15, -0.1) is 0 Å². The Bertz CT molecular complexity index is 878. The van der Waals surface area contributed by atoms with Gasteiger partial charge in [0.05, 0.1) is 6.42 Å². The lowest BCUT2D eigenvalue weighted by molar-refractivity contribution is -0.139. The van der Waals surface area contributed by atoms with Crippen molar-refractivity contribution < 1.29 is 19.4 Å². The van der Waals surface area contributed by atoms with E-state index in [1.807, 2.05) is 35.2 Å². The molecule has 2 aromatic carbocycles. The number of benzene rings is 2. The van der Waals surface area contributed by atoms with Crippen LogP contribution < -0.4 is 4.74 Å². The number of aliphatic carboxylic acids is 1. The van der Waals surface area contributed by atoms with Crippen molar-refractivity contribution in [2.75, 3.05) is 19.7 Å². The number of carboxylic acids is 1. The van der Waals surface area contributed by atoms with Gasteiger partial charge < -0.3 is 14.7 Å². The minimum absolute atomic E-state index is 0.0625. The number of ether oxygens (including phenoxy) is 1. The van der Waals surface area contributed by atoms with Gasteiger partial charge >= 0.3 is 5.97 Å². The van der Waals surface area contributed by atoms with Crippen LogP contribution in [0.2, 0.25) is 5.02 Å². The number of carbonyl (C=O) groups excluding carboxylic acids is 1. The van der Waals surface area contributed by atoms with Crippen LogP contribution in [0.25, 0.3) is 0 Å². The van der Waals surface area contributed by atoms with Crippen LogP contribution in [0.4, 0.5) is 0 Å². The van der Waals surface area contributed by atoms with Gasteiger partial charge in [0.2, 0.25) is 5.91 Å². The summed E-state index contributed by atoms with van der Waals surface area (Å²) in [4.78, 5) is 28.0. The minimum atomic E-state index is -1.02. The fourth-order valence-electron chi connectivity index (χ4n) is 4.11. The van der Waals surface area contributed by atoms with Crippen LogP contribution in [0.5, 0.6) is 5.75 Å². The molecular formula is C23H27ClN2O4. The van der Waals surface area contributed by atoms with Crippen molar-refractivity contribution >= 4 is 23.5 Å². The van der Waals surface area contributed by atoms with E-state index in [1.54, 1.807) is 18.2 Å². The molecule has 6 nitrogen and oxygen atoms in total. The fraction of sp³-hybridized carbons (Fsp3) is 0.391. The van der Waals surface area contributed by atoms with Gasteiger partial charge in [-0.05, 0) is 37.6 Å². The molecule has 7 heteroatoms. The first-order valence-corrected chi connectivity index (χ1v) is 10.4. The first-order chi connectivity index (χ1) is 14.3. The molecule has 0 aromatic heterocycles. The molecule has 1 fully saturated rings. The number of carbonyl (C=O) groups is 2. The van der Waals surface area contributed by atoms with Crippen molar-refractivity contribution in [1.82, 2.24) is 9.80 Å². The number of hydrogen-bond donors (Lipinski definition) is 1. The summed E-state index contributed by atoms with van der Waals surface area (Å²) in [6.45, 7) is 5.73. The molecule has 0 radical (unpaired) electrons. The first kappa shape index (κ1) is 22.1. The van der Waals surface area contributed by atoms with E-state index in [-0.39, 0.29) is 18.0 Å². The Labute approximate surface area is 182 Å². The third kappa shape index (κ3) is 5.74. The number of amides is 1. The molecule has 1 unspecified atom stereocenters. The lowest BCUT2D eigenvalue weighted by Gasteiger charge is -2.44. The van der Waals surface area contributed by atoms with Gasteiger partial charge in [0, 0.05) is 42.3 Å². The molecule has 30 heavy (non-hydrogen) atoms. The zero-order valence-electron chi connectivity index (χ0n) is 17.3. The van der Waals surface area contributed by atoms with Crippen molar-refractivity contribution in [1.29, 1.82) is 0 Å². The quantitative estimate of drug-likeness (QED) is 0.728. The summed E-state index contributed by atoms with van der Waals surface area (Å²) in [6.07, 6.45) is 0.400. The Morgan fingerprint density at radius 1 is 1.10 bits per heavy atom. The fourth-order valence-corrected chi connectivity index (χ4v) is 4.30. The Morgan fingerprint density at radius 2 is 1.77 bits per heavy atom. The lowest BCUT2D eigenvalue weighted by atomic mass is 10.0. The second-order valence-electron chi connectivity index (χ2n) is 7.79. The van der Waals surface area contributed by atoms with Crippen molar-refractivity contribution in [3.05, 3.63) is 64.7 Å². The number of rotatable bonds is 7. The summed E-state index contributed by atoms with van der Waals surface area (Å²) in [6, 6.07) is 15.1. The third-order valence-electron chi connectivity index (χ3n) is 5.25. The third-order valence-corrected chi connectivity index (χ3v) is 5.48. The number of halogens is 1. The van der Waals surface area contributed by atoms with Gasteiger partial charge in [0.1, 0.15) is 5.75 Å². The molecule has 1 amide bonds. The topological polar surface area (TPSA) is 70.1 Å². The Kier molecular flexibility index (Phi) is 7.34. The molecule has 1 aliphatic rings. The standard InChI is InChI=1S/C23H27ClN2O4/c1-16-12-25(14-19-11-20(24)8-9-21(19)30-15-23(28)29)13-17(2)26(16)22(27)10-18-6-4-3-5-7-18/h3-9,11,16-17H,10,12-15H2,1-2H3,(H,28,29)/t16-,17?/m0/s1. The van der Waals surface area contributed by atoms with E-state index in [1.165, 1.54) is 0 Å². The van der Waals surface area contributed by atoms with Crippen molar-refractivity contribution in [2.24, 2.45) is 0 Å². The molecule has 0 bridgehead atoms. The van der Waals surface area contributed by atoms with Crippen LogP contribution in [0, 0.1) is 0 Å². The molecule has 2 atom stereocenters. The van der Waals surface area contributed by atoms with E-state index in [9.17, 15) is 9.59 Å². The molecule has 1 heterocycles. The number of piperazine rings is 1. The number of nitrogens with zero attached hydrogens (tertiary/aromatic N) is 2. The van der Waals surface area contributed by atoms with Gasteiger partial charge in [0.15, 0.2) is 6.61 Å². The zero-order valence-corrected chi connectivity index (χ0v) is 18.0. The number of hydrogen-bond acceptors (Lipinski definition) is 4. The molecule has 3 rings (SSSR count). The minimum Gasteiger partial charge on any atom is -0.482 e. The largest absolute Gasteiger partial charge is 0.482 e. The van der Waals surface area contributed by atoms with E-state index in [2.05, 4.69) is 18.7 Å². The second kappa shape index (κ2) is 9.96. The van der Waals surface area contributed by atoms with E-state index >= 15 is 0 Å². The van der Waals surface area contributed by atoms with E-state index in [0.717, 1.165) is 24.2 Å². The molecule has 1 saturated heterocycles. The molecule has 1 aliphatic heterocycles. The van der Waals surface area contributed by atoms with Gasteiger partial charge in [-0.1, -0.05) is 41.9 Å². The van der Waals surface area contributed by atoms with Crippen LogP contribution in [0.3, 0.4) is 0 Å². The predicted molar refractivity (Wildman–Crippen MR) is 116 cm³/mol. The van der Waals surface area contributed by atoms with E-state index in [4.69, 9.17) is 21.4 Å². The molecular weight excluding hydrogens is 404 g/mol. The zero-order chi connectivity index (χ0) is 21.7. The van der Waals surface area contributed by atoms with Gasteiger partial charge in [-0.2, -0.15) is 0 Å². The predicted octanol–water partition coefficient (Wildman–Crippen LogP) is 3.47. The van der Waals surface area contributed by atoms with Crippen LogP contribution >= 0.6 is 11.6 Å². The average molecular weight is 431 g/mol. The maximum atomic E-state index is 12.9. The highest BCUT2D eigenvalue weighted by molar-refractivity contribution is 6.30. The van der Waals surface area contributed by atoms with Crippen molar-refractivity contribution in [3.8, 4) is 5.75 Å². The molecule has 1 N–H and O–H groups in total. The normalized spacial score (nSPS) is 19.5. The van der Waals surface area contributed by atoms with Gasteiger partial charge in [-0.25, -0.2) is 4.79 Å². The van der Waals surface area contributed by atoms with Crippen molar-refractivity contribution in [2.45, 2.75) is 38.9 Å². The first-order valence-electron chi connectivity index (χ1n) is 10.0. The van der Waals surface area contributed by atoms with Crippen LogP contribution in [0.1, 0.15) is 25.0 Å². The van der Waals surface area contributed by atoms with E-state index in [0.29, 0.717) is 23.7 Å². The molecule has 0 spiro atoms. The highest BCUT2D eigenvalue weighted by Crippen LogP contribution is 2.27. The Balaban J connectivity index is 1.66. The smallest absolute Gasteiger partial charge is 0.341 e. The van der Waals surface area contributed by atoms with Gasteiger partial charge in [-0.3, -0.25) is 9.69 Å². The highest BCUT2D eigenvalue weighted by atomic mass is 35.5. The maximum Gasteiger partial charge on any atom is 0.341 e. The van der Waals surface area contributed by atoms with Crippen molar-refractivity contribution in [3.63, 3.8) is 0 Å². The SMILES string of the molecule is CC1CN(Cc2cc(Cl)ccc2OCC(=O)O)C[C@H](C)N1C(=O)Cc1ccccc1. The van der Waals surface area contributed by atoms with Gasteiger partial charge in [0.25, 0.3) is 0 Å². The summed E-state index contributed by atoms with van der Waals surface area (Å²) in [5.74, 6) is -0.373. The maximum absolute atomic E-state index is 12.9. The van der Waals surface area contributed by atoms with Crippen LogP contribution in [-0.2, 0) is 22.6 Å². The van der Waals surface area contributed by atoms with Crippen LogP contribution in [-0.4, -0.2) is 58.6 Å². The Hall–Kier alpha value is -2.57. The summed E-state index contributed by atoms with van der Waals surface area (Å²) in [7, 11) is 0. The number of carboxylic acid groups (broad SMARTS) is 1. The second-order valence-corrected chi connectivity index (χ2v) is 8.23. The molecule has 2 aromatic rings. The lowest BCUT2D eigenvalue weighted by Crippen LogP contribution is -2.58. The average Bonchev–Trinajstić information content (AvgIpc) is 2.67. The molecule has 160 valence electrons. The summed E-state index contributed by atoms with van der Waals surface area (Å²) >= 11 is 6.15. The summed E-state index contributed by atoms with van der Waals surface area (Å²) < 4.78 is 5.43. The summed E-state index contributed by atoms with van der Waals surface area (Å²) in [5.41, 5.74) is 1.86. The monoisotopic (exact) mass is 430 g/mol. The van der Waals surface area contributed by atoms with Crippen LogP contribution in [0.15, 0.2) is 48.5 Å². The Morgan fingerprint density at radius 3 is 2.40 bits per heavy atom. The van der Waals surface area contributed by atoms with E-state index < -0.39 is 12.6 Å². The highest BCUT2D eigenvalue weighted by Gasteiger charge is 2.33. The molecule has 0 saturated carbocycles. The summed E-state index contributed by atoms with van der Waals surface area (Å²) in [5, 5.41) is 9.47. The molecule has 0 aliphatic carbocycles.